The summed E-state index contributed by atoms with van der Waals surface area (Å²) in [7, 11) is 1.56. The minimum atomic E-state index is -4.50. The average Bonchev–Trinajstić information content (AvgIpc) is 2.74. The summed E-state index contributed by atoms with van der Waals surface area (Å²) in [5, 5.41) is 2.78. The lowest BCUT2D eigenvalue weighted by atomic mass is 9.95. The lowest BCUT2D eigenvalue weighted by Gasteiger charge is -2.32. The molecule has 1 amide bonds. The van der Waals surface area contributed by atoms with Crippen molar-refractivity contribution in [2.75, 3.05) is 43.6 Å². The molecule has 1 aliphatic rings. The predicted octanol–water partition coefficient (Wildman–Crippen LogP) is 4.03. The van der Waals surface area contributed by atoms with Gasteiger partial charge in [0, 0.05) is 38.5 Å². The molecule has 2 aromatic heterocycles. The van der Waals surface area contributed by atoms with E-state index in [1.54, 1.807) is 30.3 Å². The van der Waals surface area contributed by atoms with Crippen molar-refractivity contribution in [1.29, 1.82) is 0 Å². The van der Waals surface area contributed by atoms with E-state index in [4.69, 9.17) is 21.1 Å². The Bertz CT molecular complexity index is 905. The van der Waals surface area contributed by atoms with Gasteiger partial charge in [0.05, 0.1) is 17.2 Å². The molecule has 0 radical (unpaired) electrons. The zero-order valence-electron chi connectivity index (χ0n) is 16.8. The zero-order valence-corrected chi connectivity index (χ0v) is 17.5. The molecular formula is C20H22ClF3N4O3. The van der Waals surface area contributed by atoms with Crippen LogP contribution < -0.4 is 15.0 Å². The number of halogens is 4. The van der Waals surface area contributed by atoms with Gasteiger partial charge in [-0.15, -0.1) is 0 Å². The lowest BCUT2D eigenvalue weighted by Crippen LogP contribution is -2.38. The fourth-order valence-corrected chi connectivity index (χ4v) is 3.52. The van der Waals surface area contributed by atoms with Gasteiger partial charge in [0.1, 0.15) is 18.1 Å². The van der Waals surface area contributed by atoms with E-state index in [1.165, 1.54) is 0 Å². The number of rotatable bonds is 7. The van der Waals surface area contributed by atoms with Crippen LogP contribution in [0.4, 0.5) is 24.7 Å². The predicted molar refractivity (Wildman–Crippen MR) is 109 cm³/mol. The third kappa shape index (κ3) is 5.98. The van der Waals surface area contributed by atoms with Crippen molar-refractivity contribution in [3.63, 3.8) is 0 Å². The Morgan fingerprint density at radius 1 is 1.29 bits per heavy atom. The molecule has 1 fully saturated rings. The minimum Gasteiger partial charge on any atom is -0.474 e. The summed E-state index contributed by atoms with van der Waals surface area (Å²) in [5.41, 5.74) is -0.422. The van der Waals surface area contributed by atoms with E-state index in [2.05, 4.69) is 15.3 Å². The fraction of sp³-hybridized carbons (Fsp3) is 0.450. The molecule has 168 valence electrons. The number of nitrogens with one attached hydrogen (secondary N) is 1. The van der Waals surface area contributed by atoms with E-state index in [0.29, 0.717) is 50.7 Å². The molecular weight excluding hydrogens is 437 g/mol. The summed E-state index contributed by atoms with van der Waals surface area (Å²) in [6.07, 6.45) is -1.15. The van der Waals surface area contributed by atoms with Crippen molar-refractivity contribution in [3.05, 3.63) is 41.2 Å². The van der Waals surface area contributed by atoms with Crippen molar-refractivity contribution in [2.24, 2.45) is 5.92 Å². The van der Waals surface area contributed by atoms with Crippen molar-refractivity contribution < 1.29 is 27.4 Å². The molecule has 3 rings (SSSR count). The second-order valence-electron chi connectivity index (χ2n) is 6.98. The number of piperidine rings is 1. The van der Waals surface area contributed by atoms with E-state index in [-0.39, 0.29) is 22.7 Å². The number of alkyl halides is 3. The second kappa shape index (κ2) is 10.1. The topological polar surface area (TPSA) is 76.6 Å². The first-order chi connectivity index (χ1) is 14.8. The van der Waals surface area contributed by atoms with Crippen LogP contribution in [-0.2, 0) is 15.7 Å². The van der Waals surface area contributed by atoms with Gasteiger partial charge in [-0.25, -0.2) is 9.97 Å². The number of pyridine rings is 2. The van der Waals surface area contributed by atoms with Crippen LogP contribution in [0.15, 0.2) is 30.6 Å². The van der Waals surface area contributed by atoms with Crippen molar-refractivity contribution in [2.45, 2.75) is 19.0 Å². The lowest BCUT2D eigenvalue weighted by molar-refractivity contribution is -0.137. The number of carbonyl (C=O) groups excluding carboxylic acids is 1. The number of carbonyl (C=O) groups is 1. The molecule has 1 saturated heterocycles. The molecule has 11 heteroatoms. The number of aromatic nitrogens is 2. The van der Waals surface area contributed by atoms with Gasteiger partial charge in [-0.3, -0.25) is 4.79 Å². The molecule has 0 unspecified atom stereocenters. The van der Waals surface area contributed by atoms with Crippen LogP contribution in [0.3, 0.4) is 0 Å². The van der Waals surface area contributed by atoms with E-state index in [1.807, 2.05) is 0 Å². The fourth-order valence-electron chi connectivity index (χ4n) is 3.23. The zero-order chi connectivity index (χ0) is 22.4. The van der Waals surface area contributed by atoms with Gasteiger partial charge < -0.3 is 19.7 Å². The minimum absolute atomic E-state index is 0.0639. The van der Waals surface area contributed by atoms with Gasteiger partial charge in [-0.1, -0.05) is 11.6 Å². The smallest absolute Gasteiger partial charge is 0.417 e. The maximum atomic E-state index is 12.8. The normalized spacial score (nSPS) is 15.1. The number of hydrogen-bond acceptors (Lipinski definition) is 6. The van der Waals surface area contributed by atoms with Gasteiger partial charge in [-0.05, 0) is 31.0 Å². The molecule has 0 spiro atoms. The van der Waals surface area contributed by atoms with Gasteiger partial charge in [0.15, 0.2) is 0 Å². The van der Waals surface area contributed by atoms with Crippen LogP contribution in [0.5, 0.6) is 5.88 Å². The quantitative estimate of drug-likeness (QED) is 0.631. The first-order valence-corrected chi connectivity index (χ1v) is 10.0. The molecule has 1 N–H and O–H groups in total. The number of amides is 1. The molecule has 1 aliphatic heterocycles. The van der Waals surface area contributed by atoms with Crippen molar-refractivity contribution in [3.8, 4) is 5.88 Å². The van der Waals surface area contributed by atoms with Gasteiger partial charge in [0.25, 0.3) is 0 Å². The Hall–Kier alpha value is -2.59. The summed E-state index contributed by atoms with van der Waals surface area (Å²) < 4.78 is 48.9. The highest BCUT2D eigenvalue weighted by Gasteiger charge is 2.33. The number of anilines is 2. The molecule has 2 aromatic rings. The number of ether oxygens (including phenoxy) is 2. The van der Waals surface area contributed by atoms with E-state index in [0.717, 1.165) is 12.3 Å². The van der Waals surface area contributed by atoms with Gasteiger partial charge >= 0.3 is 6.18 Å². The van der Waals surface area contributed by atoms with Crippen LogP contribution in [0.2, 0.25) is 5.02 Å². The van der Waals surface area contributed by atoms with Gasteiger partial charge in [-0.2, -0.15) is 13.2 Å². The summed E-state index contributed by atoms with van der Waals surface area (Å²) in [5.74, 6) is 0.160. The third-order valence-electron chi connectivity index (χ3n) is 4.87. The summed E-state index contributed by atoms with van der Waals surface area (Å²) in [6, 6.07) is 4.27. The first kappa shape index (κ1) is 23.1. The molecule has 3 heterocycles. The molecule has 7 nitrogen and oxygen atoms in total. The van der Waals surface area contributed by atoms with Crippen molar-refractivity contribution in [1.82, 2.24) is 9.97 Å². The Balaban J connectivity index is 1.58. The summed E-state index contributed by atoms with van der Waals surface area (Å²) >= 11 is 6.03. The Labute approximate surface area is 182 Å². The molecule has 31 heavy (non-hydrogen) atoms. The second-order valence-corrected chi connectivity index (χ2v) is 7.38. The molecule has 0 aliphatic carbocycles. The maximum Gasteiger partial charge on any atom is 0.417 e. The van der Waals surface area contributed by atoms with Gasteiger partial charge in [0.2, 0.25) is 11.8 Å². The third-order valence-corrected chi connectivity index (χ3v) is 5.15. The Morgan fingerprint density at radius 2 is 2.03 bits per heavy atom. The highest BCUT2D eigenvalue weighted by Crippen LogP contribution is 2.35. The van der Waals surface area contributed by atoms with E-state index >= 15 is 0 Å². The molecule has 0 saturated carbocycles. The Kier molecular flexibility index (Phi) is 7.55. The van der Waals surface area contributed by atoms with Crippen LogP contribution in [-0.4, -0.2) is 49.3 Å². The largest absolute Gasteiger partial charge is 0.474 e. The molecule has 0 atom stereocenters. The van der Waals surface area contributed by atoms with Crippen molar-refractivity contribution >= 4 is 29.0 Å². The summed E-state index contributed by atoms with van der Waals surface area (Å²) in [6.45, 7) is 1.58. The average molecular weight is 459 g/mol. The highest BCUT2D eigenvalue weighted by atomic mass is 35.5. The Morgan fingerprint density at radius 3 is 2.68 bits per heavy atom. The molecule has 0 bridgehead atoms. The van der Waals surface area contributed by atoms with Crippen LogP contribution >= 0.6 is 11.6 Å². The monoisotopic (exact) mass is 458 g/mol. The molecule has 0 aromatic carbocycles. The van der Waals surface area contributed by atoms with Crippen LogP contribution in [0.1, 0.15) is 18.4 Å². The maximum absolute atomic E-state index is 12.8. The number of methoxy groups -OCH3 is 1. The van der Waals surface area contributed by atoms with E-state index < -0.39 is 11.7 Å². The standard InChI is InChI=1S/C20H22ClF3N4O3/c1-30-9-10-31-19-16(3-2-6-25-19)27-18(29)13-4-7-28(8-5-13)17-15(21)11-14(12-26-17)20(22,23)24/h2-3,6,11-13H,4-5,7-10H2,1H3,(H,27,29). The number of hydrogen-bond donors (Lipinski definition) is 1. The number of nitrogens with zero attached hydrogens (tertiary/aromatic N) is 3. The SMILES string of the molecule is COCCOc1ncccc1NC(=O)C1CCN(c2ncc(C(F)(F)F)cc2Cl)CC1. The summed E-state index contributed by atoms with van der Waals surface area (Å²) in [4.78, 5) is 22.5. The van der Waals surface area contributed by atoms with E-state index in [9.17, 15) is 18.0 Å². The highest BCUT2D eigenvalue weighted by molar-refractivity contribution is 6.33. The van der Waals surface area contributed by atoms with Crippen LogP contribution in [0.25, 0.3) is 0 Å². The van der Waals surface area contributed by atoms with Crippen LogP contribution in [0, 0.1) is 5.92 Å². The first-order valence-electron chi connectivity index (χ1n) is 9.65.